The van der Waals surface area contributed by atoms with E-state index >= 15 is 0 Å². The summed E-state index contributed by atoms with van der Waals surface area (Å²) >= 11 is 0. The predicted molar refractivity (Wildman–Crippen MR) is 119 cm³/mol. The highest BCUT2D eigenvalue weighted by Gasteiger charge is 2.23. The second kappa shape index (κ2) is 9.44. The topological polar surface area (TPSA) is 110 Å². The first-order valence-electron chi connectivity index (χ1n) is 10.2. The third-order valence-electron chi connectivity index (χ3n) is 5.16. The van der Waals surface area contributed by atoms with Gasteiger partial charge in [-0.05, 0) is 31.2 Å². The molecule has 1 aliphatic rings. The van der Waals surface area contributed by atoms with E-state index in [1.54, 1.807) is 25.4 Å². The Kier molecular flexibility index (Phi) is 6.26. The molecular formula is C22H20F2N8O. The third-order valence-corrected chi connectivity index (χ3v) is 5.16. The van der Waals surface area contributed by atoms with Gasteiger partial charge in [-0.25, -0.2) is 28.5 Å². The summed E-state index contributed by atoms with van der Waals surface area (Å²) in [5.41, 5.74) is 0.935. The van der Waals surface area contributed by atoms with Crippen molar-refractivity contribution in [3.8, 4) is 6.07 Å². The van der Waals surface area contributed by atoms with Gasteiger partial charge in [0.25, 0.3) is 0 Å². The summed E-state index contributed by atoms with van der Waals surface area (Å²) < 4.78 is 26.8. The number of rotatable bonds is 4. The number of aryl methyl sites for hydroxylation is 1. The van der Waals surface area contributed by atoms with Crippen LogP contribution in [0.1, 0.15) is 11.3 Å². The Bertz CT molecular complexity index is 1210. The van der Waals surface area contributed by atoms with E-state index in [4.69, 9.17) is 0 Å². The van der Waals surface area contributed by atoms with E-state index in [0.717, 1.165) is 12.1 Å². The molecule has 33 heavy (non-hydrogen) atoms. The van der Waals surface area contributed by atoms with Gasteiger partial charge in [0, 0.05) is 44.6 Å². The van der Waals surface area contributed by atoms with Crippen LogP contribution in [0.5, 0.6) is 0 Å². The average Bonchev–Trinajstić information content (AvgIpc) is 2.82. The maximum absolute atomic E-state index is 13.8. The highest BCUT2D eigenvalue weighted by molar-refractivity contribution is 6.00. The number of carbonyl (C=O) groups excluding carboxylic acids is 1. The van der Waals surface area contributed by atoms with Crippen LogP contribution in [-0.2, 0) is 0 Å². The van der Waals surface area contributed by atoms with Crippen molar-refractivity contribution in [1.29, 1.82) is 5.26 Å². The standard InChI is InChI=1S/C22H20F2N8O/c1-14-19(30-22(33)29-18-4-3-16(23)12-17(18)24)11-15(13-25)20(28-14)31-7-9-32(10-8-31)21-26-5-2-6-27-21/h2-6,11-12H,7-10H2,1H3,(H2,29,30,33). The Labute approximate surface area is 188 Å². The quantitative estimate of drug-likeness (QED) is 0.628. The number of hydrogen-bond donors (Lipinski definition) is 2. The number of hydrogen-bond acceptors (Lipinski definition) is 7. The van der Waals surface area contributed by atoms with Crippen molar-refractivity contribution >= 4 is 29.2 Å². The molecule has 0 saturated carbocycles. The van der Waals surface area contributed by atoms with E-state index in [1.165, 1.54) is 6.07 Å². The molecule has 1 fully saturated rings. The molecule has 11 heteroatoms. The van der Waals surface area contributed by atoms with Crippen molar-refractivity contribution in [1.82, 2.24) is 15.0 Å². The van der Waals surface area contributed by atoms with E-state index < -0.39 is 17.7 Å². The first-order chi connectivity index (χ1) is 15.9. The van der Waals surface area contributed by atoms with Gasteiger partial charge in [0.2, 0.25) is 5.95 Å². The van der Waals surface area contributed by atoms with Crippen molar-refractivity contribution in [2.75, 3.05) is 46.6 Å². The van der Waals surface area contributed by atoms with Crippen LogP contribution in [0.4, 0.5) is 36.7 Å². The van der Waals surface area contributed by atoms with Crippen molar-refractivity contribution in [3.63, 3.8) is 0 Å². The van der Waals surface area contributed by atoms with Gasteiger partial charge in [0.15, 0.2) is 0 Å². The summed E-state index contributed by atoms with van der Waals surface area (Å²) in [5.74, 6) is -0.456. The van der Waals surface area contributed by atoms with Crippen LogP contribution in [0.3, 0.4) is 0 Å². The molecule has 1 saturated heterocycles. The van der Waals surface area contributed by atoms with Crippen LogP contribution in [-0.4, -0.2) is 47.2 Å². The fraction of sp³-hybridized carbons (Fsp3) is 0.227. The van der Waals surface area contributed by atoms with Gasteiger partial charge in [0.1, 0.15) is 23.5 Å². The van der Waals surface area contributed by atoms with E-state index in [0.29, 0.717) is 61.0 Å². The lowest BCUT2D eigenvalue weighted by molar-refractivity contribution is 0.262. The predicted octanol–water partition coefficient (Wildman–Crippen LogP) is 3.30. The van der Waals surface area contributed by atoms with Crippen molar-refractivity contribution in [3.05, 3.63) is 65.6 Å². The largest absolute Gasteiger partial charge is 0.352 e. The van der Waals surface area contributed by atoms with Gasteiger partial charge in [-0.2, -0.15) is 5.26 Å². The molecule has 0 unspecified atom stereocenters. The Balaban J connectivity index is 1.46. The minimum Gasteiger partial charge on any atom is -0.352 e. The molecule has 3 aromatic rings. The van der Waals surface area contributed by atoms with Gasteiger partial charge < -0.3 is 20.4 Å². The zero-order valence-corrected chi connectivity index (χ0v) is 17.7. The van der Waals surface area contributed by atoms with Crippen LogP contribution in [0.2, 0.25) is 0 Å². The SMILES string of the molecule is Cc1nc(N2CCN(c3ncccn3)CC2)c(C#N)cc1NC(=O)Nc1ccc(F)cc1F. The number of nitrogens with zero attached hydrogens (tertiary/aromatic N) is 6. The molecule has 2 aromatic heterocycles. The Morgan fingerprint density at radius 2 is 1.70 bits per heavy atom. The number of anilines is 4. The fourth-order valence-corrected chi connectivity index (χ4v) is 3.48. The molecule has 0 aliphatic carbocycles. The second-order valence-electron chi connectivity index (χ2n) is 7.33. The number of amides is 2. The van der Waals surface area contributed by atoms with E-state index in [-0.39, 0.29) is 5.69 Å². The number of halogens is 2. The molecule has 0 spiro atoms. The summed E-state index contributed by atoms with van der Waals surface area (Å²) in [6.45, 7) is 4.28. The summed E-state index contributed by atoms with van der Waals surface area (Å²) in [6, 6.07) is 7.52. The van der Waals surface area contributed by atoms with E-state index in [1.807, 2.05) is 4.90 Å². The van der Waals surface area contributed by atoms with Crippen LogP contribution in [0.25, 0.3) is 0 Å². The van der Waals surface area contributed by atoms with E-state index in [2.05, 4.69) is 36.6 Å². The van der Waals surface area contributed by atoms with Crippen LogP contribution in [0.15, 0.2) is 42.7 Å². The molecule has 3 heterocycles. The number of carbonyl (C=O) groups is 1. The molecule has 0 atom stereocenters. The summed E-state index contributed by atoms with van der Waals surface area (Å²) in [7, 11) is 0. The number of urea groups is 1. The zero-order chi connectivity index (χ0) is 23.4. The monoisotopic (exact) mass is 450 g/mol. The lowest BCUT2D eigenvalue weighted by Crippen LogP contribution is -2.47. The highest BCUT2D eigenvalue weighted by atomic mass is 19.1. The molecule has 0 radical (unpaired) electrons. The molecular weight excluding hydrogens is 430 g/mol. The molecule has 2 amide bonds. The van der Waals surface area contributed by atoms with E-state index in [9.17, 15) is 18.8 Å². The summed E-state index contributed by atoms with van der Waals surface area (Å²) in [4.78, 5) is 29.4. The summed E-state index contributed by atoms with van der Waals surface area (Å²) in [6.07, 6.45) is 3.39. The maximum Gasteiger partial charge on any atom is 0.323 e. The Morgan fingerprint density at radius 1 is 1.03 bits per heavy atom. The zero-order valence-electron chi connectivity index (χ0n) is 17.7. The van der Waals surface area contributed by atoms with Gasteiger partial charge in [-0.3, -0.25) is 0 Å². The number of nitriles is 1. The minimum absolute atomic E-state index is 0.170. The first-order valence-corrected chi connectivity index (χ1v) is 10.2. The Hall–Kier alpha value is -4.33. The number of benzene rings is 1. The molecule has 2 N–H and O–H groups in total. The normalized spacial score (nSPS) is 13.4. The van der Waals surface area contributed by atoms with Gasteiger partial charge in [0.05, 0.1) is 22.6 Å². The van der Waals surface area contributed by atoms with Crippen LogP contribution >= 0.6 is 0 Å². The smallest absolute Gasteiger partial charge is 0.323 e. The maximum atomic E-state index is 13.8. The minimum atomic E-state index is -0.895. The molecule has 0 bridgehead atoms. The lowest BCUT2D eigenvalue weighted by atomic mass is 10.2. The average molecular weight is 450 g/mol. The van der Waals surface area contributed by atoms with Crippen LogP contribution < -0.4 is 20.4 Å². The number of aromatic nitrogens is 3. The molecule has 9 nitrogen and oxygen atoms in total. The lowest BCUT2D eigenvalue weighted by Gasteiger charge is -2.35. The van der Waals surface area contributed by atoms with Crippen molar-refractivity contribution in [2.24, 2.45) is 0 Å². The van der Waals surface area contributed by atoms with Gasteiger partial charge in [-0.1, -0.05) is 0 Å². The van der Waals surface area contributed by atoms with Crippen molar-refractivity contribution in [2.45, 2.75) is 6.92 Å². The van der Waals surface area contributed by atoms with Crippen molar-refractivity contribution < 1.29 is 13.6 Å². The highest BCUT2D eigenvalue weighted by Crippen LogP contribution is 2.26. The van der Waals surface area contributed by atoms with Crippen LogP contribution in [0, 0.1) is 29.9 Å². The second-order valence-corrected chi connectivity index (χ2v) is 7.33. The fourth-order valence-electron chi connectivity index (χ4n) is 3.48. The molecule has 1 aromatic carbocycles. The number of piperazine rings is 1. The third kappa shape index (κ3) is 4.95. The van der Waals surface area contributed by atoms with Gasteiger partial charge in [-0.15, -0.1) is 0 Å². The first kappa shape index (κ1) is 21.9. The summed E-state index contributed by atoms with van der Waals surface area (Å²) in [5, 5.41) is 14.6. The number of pyridine rings is 1. The molecule has 4 rings (SSSR count). The molecule has 1 aliphatic heterocycles. The van der Waals surface area contributed by atoms with Gasteiger partial charge >= 0.3 is 6.03 Å². The number of nitrogens with one attached hydrogen (secondary N) is 2. The Morgan fingerprint density at radius 3 is 2.36 bits per heavy atom. The molecule has 168 valence electrons.